The summed E-state index contributed by atoms with van der Waals surface area (Å²) in [7, 11) is 0. The minimum atomic E-state index is -1.10. The Balaban J connectivity index is 2.23. The van der Waals surface area contributed by atoms with Crippen LogP contribution in [-0.4, -0.2) is 16.2 Å². The number of aliphatic hydroxyl groups is 1. The van der Waals surface area contributed by atoms with Crippen LogP contribution in [0.1, 0.15) is 24.0 Å². The molecule has 1 aliphatic rings. The first-order chi connectivity index (χ1) is 7.42. The van der Waals surface area contributed by atoms with Gasteiger partial charge in [-0.3, -0.25) is 4.79 Å². The lowest BCUT2D eigenvalue weighted by Crippen LogP contribution is -2.44. The van der Waals surface area contributed by atoms with Gasteiger partial charge in [0.05, 0.1) is 11.5 Å². The Labute approximate surface area is 92.5 Å². The Bertz CT molecular complexity index is 436. The summed E-state index contributed by atoms with van der Waals surface area (Å²) in [6.45, 7) is 1.71. The first-order valence-electron chi connectivity index (χ1n) is 5.14. The maximum Gasteiger partial charge on any atom is 0.306 e. The fourth-order valence-corrected chi connectivity index (χ4v) is 2.30. The van der Waals surface area contributed by atoms with Crippen molar-refractivity contribution in [1.29, 1.82) is 0 Å². The molecule has 0 aromatic heterocycles. The van der Waals surface area contributed by atoms with E-state index in [-0.39, 0.29) is 18.7 Å². The van der Waals surface area contributed by atoms with Crippen LogP contribution in [0.15, 0.2) is 18.2 Å². The van der Waals surface area contributed by atoms with Crippen LogP contribution >= 0.6 is 0 Å². The molecule has 0 heterocycles. The Morgan fingerprint density at radius 2 is 2.12 bits per heavy atom. The lowest BCUT2D eigenvalue weighted by atomic mass is 9.66. The molecule has 0 aliphatic heterocycles. The molecule has 0 saturated heterocycles. The van der Waals surface area contributed by atoms with Crippen LogP contribution in [0.2, 0.25) is 0 Å². The van der Waals surface area contributed by atoms with Crippen LogP contribution in [0.3, 0.4) is 0 Å². The molecule has 4 heteroatoms. The first-order valence-corrected chi connectivity index (χ1v) is 5.14. The van der Waals surface area contributed by atoms with Crippen molar-refractivity contribution in [2.75, 3.05) is 0 Å². The van der Waals surface area contributed by atoms with E-state index in [9.17, 15) is 14.3 Å². The van der Waals surface area contributed by atoms with Gasteiger partial charge in [0, 0.05) is 0 Å². The fourth-order valence-electron chi connectivity index (χ4n) is 2.30. The number of carboxylic acids is 1. The van der Waals surface area contributed by atoms with Gasteiger partial charge in [0.25, 0.3) is 0 Å². The molecule has 1 fully saturated rings. The van der Waals surface area contributed by atoms with Crippen molar-refractivity contribution in [1.82, 2.24) is 0 Å². The van der Waals surface area contributed by atoms with Crippen molar-refractivity contribution >= 4 is 5.97 Å². The summed E-state index contributed by atoms with van der Waals surface area (Å²) >= 11 is 0. The van der Waals surface area contributed by atoms with Gasteiger partial charge in [-0.15, -0.1) is 0 Å². The van der Waals surface area contributed by atoms with Crippen LogP contribution in [0.4, 0.5) is 4.39 Å². The molecule has 1 aliphatic carbocycles. The average Bonchev–Trinajstić information content (AvgIpc) is 2.12. The Hall–Kier alpha value is -1.42. The number of halogens is 1. The van der Waals surface area contributed by atoms with Crippen molar-refractivity contribution in [2.24, 2.45) is 5.92 Å². The second-order valence-corrected chi connectivity index (χ2v) is 4.43. The molecule has 1 aromatic rings. The normalized spacial score (nSPS) is 28.6. The highest BCUT2D eigenvalue weighted by molar-refractivity contribution is 5.72. The molecular weight excluding hydrogens is 211 g/mol. The minimum absolute atomic E-state index is 0.203. The number of carboxylic acid groups (broad SMARTS) is 1. The van der Waals surface area contributed by atoms with Gasteiger partial charge in [-0.25, -0.2) is 4.39 Å². The van der Waals surface area contributed by atoms with Crippen LogP contribution in [0.25, 0.3) is 0 Å². The molecule has 16 heavy (non-hydrogen) atoms. The van der Waals surface area contributed by atoms with Crippen LogP contribution in [-0.2, 0) is 10.4 Å². The van der Waals surface area contributed by atoms with Crippen LogP contribution < -0.4 is 0 Å². The number of aliphatic carboxylic acids is 1. The third-order valence-corrected chi connectivity index (χ3v) is 3.21. The summed E-state index contributed by atoms with van der Waals surface area (Å²) in [5, 5.41) is 18.9. The van der Waals surface area contributed by atoms with Gasteiger partial charge in [-0.05, 0) is 43.0 Å². The molecule has 1 aromatic carbocycles. The Morgan fingerprint density at radius 1 is 1.50 bits per heavy atom. The molecule has 2 N–H and O–H groups in total. The molecular formula is C12H13FO3. The van der Waals surface area contributed by atoms with Gasteiger partial charge in [-0.2, -0.15) is 0 Å². The molecule has 86 valence electrons. The monoisotopic (exact) mass is 224 g/mol. The van der Waals surface area contributed by atoms with Crippen molar-refractivity contribution < 1.29 is 19.4 Å². The number of rotatable bonds is 2. The van der Waals surface area contributed by atoms with E-state index < -0.39 is 17.5 Å². The number of hydrogen-bond acceptors (Lipinski definition) is 2. The lowest BCUT2D eigenvalue weighted by molar-refractivity contribution is -0.159. The smallest absolute Gasteiger partial charge is 0.306 e. The van der Waals surface area contributed by atoms with Gasteiger partial charge >= 0.3 is 5.97 Å². The highest BCUT2D eigenvalue weighted by atomic mass is 19.1. The van der Waals surface area contributed by atoms with Gasteiger partial charge in [0.2, 0.25) is 0 Å². The summed E-state index contributed by atoms with van der Waals surface area (Å²) in [5.74, 6) is -1.72. The molecule has 1 saturated carbocycles. The molecule has 0 spiro atoms. The molecule has 0 radical (unpaired) electrons. The van der Waals surface area contributed by atoms with E-state index >= 15 is 0 Å². The van der Waals surface area contributed by atoms with E-state index in [4.69, 9.17) is 5.11 Å². The van der Waals surface area contributed by atoms with Crippen molar-refractivity contribution in [3.05, 3.63) is 35.1 Å². The molecule has 2 rings (SSSR count). The lowest BCUT2D eigenvalue weighted by Gasteiger charge is -2.42. The molecule has 0 bridgehead atoms. The average molecular weight is 224 g/mol. The topological polar surface area (TPSA) is 57.5 Å². The fraction of sp³-hybridized carbons (Fsp3) is 0.417. The van der Waals surface area contributed by atoms with Crippen molar-refractivity contribution in [3.63, 3.8) is 0 Å². The minimum Gasteiger partial charge on any atom is -0.481 e. The number of carbonyl (C=O) groups is 1. The summed E-state index contributed by atoms with van der Waals surface area (Å²) in [6, 6.07) is 4.17. The Morgan fingerprint density at radius 3 is 2.62 bits per heavy atom. The molecule has 0 unspecified atom stereocenters. The number of hydrogen-bond donors (Lipinski definition) is 2. The highest BCUT2D eigenvalue weighted by Gasteiger charge is 2.48. The van der Waals surface area contributed by atoms with Crippen LogP contribution in [0.5, 0.6) is 0 Å². The van der Waals surface area contributed by atoms with Crippen LogP contribution in [0, 0.1) is 18.7 Å². The number of aryl methyl sites for hydroxylation is 1. The SMILES string of the molecule is Cc1cc(F)ccc1C1(O)CC(C(=O)O)C1. The van der Waals surface area contributed by atoms with Crippen molar-refractivity contribution in [2.45, 2.75) is 25.4 Å². The summed E-state index contributed by atoms with van der Waals surface area (Å²) in [4.78, 5) is 10.7. The third kappa shape index (κ3) is 1.69. The van der Waals surface area contributed by atoms with E-state index in [1.54, 1.807) is 6.92 Å². The quantitative estimate of drug-likeness (QED) is 0.805. The molecule has 3 nitrogen and oxygen atoms in total. The van der Waals surface area contributed by atoms with E-state index in [0.29, 0.717) is 11.1 Å². The summed E-state index contributed by atoms with van der Waals surface area (Å²) in [5.41, 5.74) is 0.193. The zero-order valence-electron chi connectivity index (χ0n) is 8.90. The third-order valence-electron chi connectivity index (χ3n) is 3.21. The number of benzene rings is 1. The molecule has 0 amide bonds. The van der Waals surface area contributed by atoms with Gasteiger partial charge in [0.1, 0.15) is 5.82 Å². The molecule has 0 atom stereocenters. The second kappa shape index (κ2) is 3.56. The van der Waals surface area contributed by atoms with Crippen molar-refractivity contribution in [3.8, 4) is 0 Å². The zero-order chi connectivity index (χ0) is 11.9. The van der Waals surface area contributed by atoms with E-state index in [0.717, 1.165) is 0 Å². The zero-order valence-corrected chi connectivity index (χ0v) is 8.90. The van der Waals surface area contributed by atoms with Gasteiger partial charge in [0.15, 0.2) is 0 Å². The first kappa shape index (κ1) is 11.1. The van der Waals surface area contributed by atoms with E-state index in [1.165, 1.54) is 18.2 Å². The predicted octanol–water partition coefficient (Wildman–Crippen LogP) is 1.82. The standard InChI is InChI=1S/C12H13FO3/c1-7-4-9(13)2-3-10(7)12(16)5-8(6-12)11(14)15/h2-4,8,16H,5-6H2,1H3,(H,14,15). The van der Waals surface area contributed by atoms with Gasteiger partial charge < -0.3 is 10.2 Å². The maximum atomic E-state index is 12.9. The highest BCUT2D eigenvalue weighted by Crippen LogP contribution is 2.46. The van der Waals surface area contributed by atoms with E-state index in [2.05, 4.69) is 0 Å². The largest absolute Gasteiger partial charge is 0.481 e. The summed E-state index contributed by atoms with van der Waals surface area (Å²) < 4.78 is 12.9. The maximum absolute atomic E-state index is 12.9. The Kier molecular flexibility index (Phi) is 2.46. The second-order valence-electron chi connectivity index (χ2n) is 4.43. The van der Waals surface area contributed by atoms with Gasteiger partial charge in [-0.1, -0.05) is 6.07 Å². The van der Waals surface area contributed by atoms with E-state index in [1.807, 2.05) is 0 Å². The predicted molar refractivity (Wildman–Crippen MR) is 55.4 cm³/mol. The summed E-state index contributed by atoms with van der Waals surface area (Å²) in [6.07, 6.45) is 0.406.